The zero-order valence-corrected chi connectivity index (χ0v) is 15.1. The second kappa shape index (κ2) is 8.48. The smallest absolute Gasteiger partial charge is 0.342 e. The molecule has 25 heavy (non-hydrogen) atoms. The zero-order valence-electron chi connectivity index (χ0n) is 12.7. The van der Waals surface area contributed by atoms with Crippen LogP contribution in [0.3, 0.4) is 0 Å². The van der Waals surface area contributed by atoms with Crippen LogP contribution in [0, 0.1) is 0 Å². The van der Waals surface area contributed by atoms with Crippen LogP contribution in [-0.4, -0.2) is 45.3 Å². The summed E-state index contributed by atoms with van der Waals surface area (Å²) in [6.07, 6.45) is 1.25. The first kappa shape index (κ1) is 18.7. The number of methoxy groups -OCH3 is 1. The second-order valence-corrected chi connectivity index (χ2v) is 6.32. The van der Waals surface area contributed by atoms with Crippen molar-refractivity contribution >= 4 is 39.8 Å². The normalized spacial score (nSPS) is 10.8. The van der Waals surface area contributed by atoms with Crippen molar-refractivity contribution in [2.75, 3.05) is 12.9 Å². The lowest BCUT2D eigenvalue weighted by Crippen LogP contribution is -2.26. The number of halogens is 1. The van der Waals surface area contributed by atoms with Gasteiger partial charge in [-0.1, -0.05) is 27.7 Å². The maximum atomic E-state index is 11.7. The molecule has 12 heteroatoms. The van der Waals surface area contributed by atoms with E-state index < -0.39 is 17.2 Å². The van der Waals surface area contributed by atoms with Crippen molar-refractivity contribution in [3.63, 3.8) is 0 Å². The van der Waals surface area contributed by atoms with Gasteiger partial charge < -0.3 is 9.84 Å². The third-order valence-electron chi connectivity index (χ3n) is 2.70. The number of nitrogens with one attached hydrogen (secondary N) is 3. The molecule has 132 valence electrons. The molecule has 1 amide bonds. The summed E-state index contributed by atoms with van der Waals surface area (Å²) in [7, 11) is 1.41. The lowest BCUT2D eigenvalue weighted by molar-refractivity contribution is -0.118. The van der Waals surface area contributed by atoms with Crippen LogP contribution < -0.4 is 21.4 Å². The average molecular weight is 430 g/mol. The summed E-state index contributed by atoms with van der Waals surface area (Å²) in [6.45, 7) is 0. The number of carbonyl (C=O) groups is 1. The number of aromatic hydroxyl groups is 1. The molecular weight excluding hydrogens is 418 g/mol. The summed E-state index contributed by atoms with van der Waals surface area (Å²) in [6, 6.07) is 3.17. The highest BCUT2D eigenvalue weighted by Crippen LogP contribution is 2.32. The van der Waals surface area contributed by atoms with E-state index >= 15 is 0 Å². The molecule has 4 N–H and O–H groups in total. The van der Waals surface area contributed by atoms with E-state index in [1.165, 1.54) is 13.3 Å². The number of phenols is 1. The van der Waals surface area contributed by atoms with Crippen molar-refractivity contribution in [3.8, 4) is 11.5 Å². The Morgan fingerprint density at radius 3 is 2.96 bits per heavy atom. The standard InChI is InChI=1S/C13H12BrN5O5S/c1-24-8-3-7(14)2-6(10(8)21)4-15-17-9(20)5-25-12-11(22)16-13(23)19-18-12/h2-4,21H,5H2,1H3,(H,17,20)(H2,16,19,22,23)/b15-4+. The van der Waals surface area contributed by atoms with Crippen LogP contribution >= 0.6 is 27.7 Å². The van der Waals surface area contributed by atoms with Crippen LogP contribution in [0.1, 0.15) is 5.56 Å². The van der Waals surface area contributed by atoms with E-state index in [1.54, 1.807) is 12.1 Å². The fourth-order valence-corrected chi connectivity index (χ4v) is 2.70. The van der Waals surface area contributed by atoms with Gasteiger partial charge in [0.05, 0.1) is 19.1 Å². The van der Waals surface area contributed by atoms with Gasteiger partial charge in [0.1, 0.15) is 0 Å². The molecule has 0 atom stereocenters. The highest BCUT2D eigenvalue weighted by molar-refractivity contribution is 9.10. The Morgan fingerprint density at radius 2 is 2.28 bits per heavy atom. The van der Waals surface area contributed by atoms with Crippen LogP contribution in [0.15, 0.2) is 36.3 Å². The fraction of sp³-hybridized carbons (Fsp3) is 0.154. The number of aromatic amines is 2. The number of hydrazone groups is 1. The Bertz CT molecular complexity index is 926. The number of hydrogen-bond acceptors (Lipinski definition) is 8. The molecule has 0 aliphatic rings. The zero-order chi connectivity index (χ0) is 18.4. The van der Waals surface area contributed by atoms with Gasteiger partial charge in [-0.05, 0) is 12.1 Å². The summed E-state index contributed by atoms with van der Waals surface area (Å²) in [5.41, 5.74) is 1.17. The van der Waals surface area contributed by atoms with Crippen molar-refractivity contribution in [2.45, 2.75) is 5.03 Å². The van der Waals surface area contributed by atoms with E-state index in [9.17, 15) is 19.5 Å². The minimum absolute atomic E-state index is 0.0481. The van der Waals surface area contributed by atoms with Gasteiger partial charge in [-0.3, -0.25) is 14.6 Å². The van der Waals surface area contributed by atoms with E-state index in [0.717, 1.165) is 11.8 Å². The maximum absolute atomic E-state index is 11.7. The Balaban J connectivity index is 1.96. The Hall–Kier alpha value is -2.60. The molecule has 1 aromatic carbocycles. The predicted octanol–water partition coefficient (Wildman–Crippen LogP) is 0.177. The Morgan fingerprint density at radius 1 is 1.52 bits per heavy atom. The Labute approximate surface area is 152 Å². The molecule has 0 spiro atoms. The third kappa shape index (κ3) is 5.19. The van der Waals surface area contributed by atoms with E-state index in [1.807, 2.05) is 4.98 Å². The molecule has 1 heterocycles. The molecule has 0 aliphatic carbocycles. The molecule has 10 nitrogen and oxygen atoms in total. The lowest BCUT2D eigenvalue weighted by Gasteiger charge is -2.06. The number of ether oxygens (including phenoxy) is 1. The number of hydrogen-bond donors (Lipinski definition) is 4. The molecule has 0 fully saturated rings. The summed E-state index contributed by atoms with van der Waals surface area (Å²) >= 11 is 4.10. The van der Waals surface area contributed by atoms with Crippen LogP contribution in [0.25, 0.3) is 0 Å². The molecule has 0 saturated heterocycles. The number of phenolic OH excluding ortho intramolecular Hbond substituents is 1. The summed E-state index contributed by atoms with van der Waals surface area (Å²) in [4.78, 5) is 36.0. The quantitative estimate of drug-likeness (QED) is 0.290. The number of H-pyrrole nitrogens is 2. The van der Waals surface area contributed by atoms with Gasteiger partial charge in [0, 0.05) is 10.0 Å². The number of thioether (sulfide) groups is 1. The maximum Gasteiger partial charge on any atom is 0.342 e. The van der Waals surface area contributed by atoms with Crippen LogP contribution in [0.5, 0.6) is 11.5 Å². The van der Waals surface area contributed by atoms with Crippen LogP contribution in [0.4, 0.5) is 0 Å². The van der Waals surface area contributed by atoms with Gasteiger partial charge >= 0.3 is 5.69 Å². The fourth-order valence-electron chi connectivity index (χ4n) is 1.62. The van der Waals surface area contributed by atoms with Gasteiger partial charge in [0.25, 0.3) is 5.56 Å². The largest absolute Gasteiger partial charge is 0.504 e. The van der Waals surface area contributed by atoms with Crippen LogP contribution in [-0.2, 0) is 4.79 Å². The van der Waals surface area contributed by atoms with Gasteiger partial charge in [0.2, 0.25) is 5.91 Å². The monoisotopic (exact) mass is 429 g/mol. The summed E-state index contributed by atoms with van der Waals surface area (Å²) in [5.74, 6) is -0.522. The van der Waals surface area contributed by atoms with Crippen LogP contribution in [0.2, 0.25) is 0 Å². The van der Waals surface area contributed by atoms with Crippen molar-refractivity contribution in [2.24, 2.45) is 5.10 Å². The van der Waals surface area contributed by atoms with Gasteiger partial charge in [0.15, 0.2) is 16.5 Å². The number of carbonyl (C=O) groups excluding carboxylic acids is 1. The molecule has 0 unspecified atom stereocenters. The number of nitrogens with zero attached hydrogens (tertiary/aromatic N) is 2. The number of rotatable bonds is 6. The van der Waals surface area contributed by atoms with E-state index in [2.05, 4.69) is 36.7 Å². The lowest BCUT2D eigenvalue weighted by atomic mass is 10.2. The molecule has 1 aromatic heterocycles. The van der Waals surface area contributed by atoms with Crippen molar-refractivity contribution in [1.82, 2.24) is 20.6 Å². The first-order chi connectivity index (χ1) is 11.9. The van der Waals surface area contributed by atoms with E-state index in [4.69, 9.17) is 4.74 Å². The Kier molecular flexibility index (Phi) is 6.36. The SMILES string of the molecule is COc1cc(Br)cc(/C=N/NC(=O)CSc2n[nH]c(=O)[nH]c2=O)c1O. The third-order valence-corrected chi connectivity index (χ3v) is 4.12. The first-order valence-electron chi connectivity index (χ1n) is 6.61. The average Bonchev–Trinajstić information content (AvgIpc) is 2.56. The number of amides is 1. The minimum Gasteiger partial charge on any atom is -0.504 e. The summed E-state index contributed by atoms with van der Waals surface area (Å²) in [5, 5.41) is 19.2. The number of benzene rings is 1. The van der Waals surface area contributed by atoms with Gasteiger partial charge in [-0.15, -0.1) is 0 Å². The molecule has 0 bridgehead atoms. The predicted molar refractivity (Wildman–Crippen MR) is 94.3 cm³/mol. The van der Waals surface area contributed by atoms with E-state index in [0.29, 0.717) is 10.0 Å². The highest BCUT2D eigenvalue weighted by Gasteiger charge is 2.09. The highest BCUT2D eigenvalue weighted by atomic mass is 79.9. The molecule has 2 aromatic rings. The molecule has 0 saturated carbocycles. The molecular formula is C13H12BrN5O5S. The van der Waals surface area contributed by atoms with Crippen molar-refractivity contribution < 1.29 is 14.6 Å². The molecule has 0 aliphatic heterocycles. The van der Waals surface area contributed by atoms with Crippen molar-refractivity contribution in [1.29, 1.82) is 0 Å². The van der Waals surface area contributed by atoms with Gasteiger partial charge in [-0.2, -0.15) is 10.2 Å². The second-order valence-electron chi connectivity index (χ2n) is 4.44. The first-order valence-corrected chi connectivity index (χ1v) is 8.38. The minimum atomic E-state index is -0.729. The molecule has 2 rings (SSSR count). The summed E-state index contributed by atoms with van der Waals surface area (Å²) < 4.78 is 5.66. The molecule has 0 radical (unpaired) electrons. The van der Waals surface area contributed by atoms with E-state index in [-0.39, 0.29) is 22.3 Å². The van der Waals surface area contributed by atoms with Gasteiger partial charge in [-0.25, -0.2) is 15.3 Å². The van der Waals surface area contributed by atoms with Crippen molar-refractivity contribution in [3.05, 3.63) is 43.0 Å². The topological polar surface area (TPSA) is 150 Å². The number of aromatic nitrogens is 3.